The number of benzene rings is 1. The summed E-state index contributed by atoms with van der Waals surface area (Å²) >= 11 is 0. The second-order valence-corrected chi connectivity index (χ2v) is 6.69. The predicted molar refractivity (Wildman–Crippen MR) is 91.2 cm³/mol. The van der Waals surface area contributed by atoms with Gasteiger partial charge in [0.2, 0.25) is 5.88 Å². The van der Waals surface area contributed by atoms with Crippen LogP contribution >= 0.6 is 0 Å². The Morgan fingerprint density at radius 3 is 2.68 bits per heavy atom. The van der Waals surface area contributed by atoms with Crippen LogP contribution in [0.2, 0.25) is 0 Å². The number of nitrogens with zero attached hydrogens (tertiary/aromatic N) is 3. The van der Waals surface area contributed by atoms with Crippen molar-refractivity contribution in [2.45, 2.75) is 31.3 Å². The van der Waals surface area contributed by atoms with Crippen molar-refractivity contribution < 1.29 is 13.5 Å². The zero-order chi connectivity index (χ0) is 18.6. The molecule has 4 radical (unpaired) electrons. The summed E-state index contributed by atoms with van der Waals surface area (Å²) in [5.41, 5.74) is -1.21. The predicted octanol–water partition coefficient (Wildman–Crippen LogP) is 1.28. The fourth-order valence-corrected chi connectivity index (χ4v) is 2.79. The molecule has 0 spiro atoms. The van der Waals surface area contributed by atoms with Gasteiger partial charge in [-0.2, -0.15) is 4.98 Å². The summed E-state index contributed by atoms with van der Waals surface area (Å²) in [7, 11) is 13.4. The molecule has 126 valence electrons. The molecule has 0 unspecified atom stereocenters. The number of rotatable bonds is 3. The highest BCUT2D eigenvalue weighted by atomic mass is 19.2. The van der Waals surface area contributed by atoms with Gasteiger partial charge in [0.1, 0.15) is 21.5 Å². The first-order valence-electron chi connectivity index (χ1n) is 7.60. The van der Waals surface area contributed by atoms with E-state index < -0.39 is 22.7 Å². The smallest absolute Gasteiger partial charge is 0.352 e. The van der Waals surface area contributed by atoms with Gasteiger partial charge >= 0.3 is 5.69 Å². The number of aromatic nitrogens is 2. The van der Waals surface area contributed by atoms with E-state index in [-0.39, 0.29) is 17.0 Å². The number of hydrogen-bond donors (Lipinski definition) is 0. The number of fused-ring (bicyclic) bond motifs is 1. The van der Waals surface area contributed by atoms with Crippen LogP contribution < -0.4 is 15.3 Å². The number of anilines is 1. The summed E-state index contributed by atoms with van der Waals surface area (Å²) in [5, 5.41) is -2.20. The van der Waals surface area contributed by atoms with Gasteiger partial charge in [-0.1, -0.05) is 12.1 Å². The van der Waals surface area contributed by atoms with E-state index in [4.69, 9.17) is 20.4 Å². The summed E-state index contributed by atoms with van der Waals surface area (Å²) in [4.78, 5) is 17.9. The maximum absolute atomic E-state index is 14.0. The van der Waals surface area contributed by atoms with Crippen LogP contribution in [0.15, 0.2) is 29.1 Å². The SMILES string of the molecule is [B]C([B])(Oc1cc2n(c(=O)n1)CC(C)(C)N2C)c1cccc(F)c1F. The molecule has 0 saturated heterocycles. The van der Waals surface area contributed by atoms with Crippen molar-refractivity contribution in [3.8, 4) is 5.88 Å². The minimum absolute atomic E-state index is 0.172. The second kappa shape index (κ2) is 5.61. The topological polar surface area (TPSA) is 47.4 Å². The molecule has 0 aliphatic carbocycles. The van der Waals surface area contributed by atoms with Gasteiger partial charge in [-0.15, -0.1) is 0 Å². The third-order valence-corrected chi connectivity index (χ3v) is 4.41. The summed E-state index contributed by atoms with van der Waals surface area (Å²) in [6.07, 6.45) is 0. The van der Waals surface area contributed by atoms with E-state index in [0.29, 0.717) is 12.4 Å². The minimum atomic E-state index is -2.20. The van der Waals surface area contributed by atoms with Crippen LogP contribution in [0.3, 0.4) is 0 Å². The van der Waals surface area contributed by atoms with Crippen LogP contribution in [0.5, 0.6) is 5.88 Å². The Morgan fingerprint density at radius 1 is 1.32 bits per heavy atom. The molecule has 0 bridgehead atoms. The number of ether oxygens (including phenoxy) is 1. The van der Waals surface area contributed by atoms with E-state index in [2.05, 4.69) is 4.98 Å². The molecule has 1 aromatic heterocycles. The van der Waals surface area contributed by atoms with E-state index in [1.54, 1.807) is 0 Å². The van der Waals surface area contributed by atoms with Crippen LogP contribution in [0, 0.1) is 11.6 Å². The summed E-state index contributed by atoms with van der Waals surface area (Å²) < 4.78 is 34.2. The lowest BCUT2D eigenvalue weighted by Gasteiger charge is -2.29. The highest BCUT2D eigenvalue weighted by Gasteiger charge is 2.35. The van der Waals surface area contributed by atoms with Crippen LogP contribution in [-0.2, 0) is 11.9 Å². The molecule has 0 N–H and O–H groups in total. The van der Waals surface area contributed by atoms with Crippen LogP contribution in [0.4, 0.5) is 14.6 Å². The molecule has 2 heterocycles. The summed E-state index contributed by atoms with van der Waals surface area (Å²) in [6, 6.07) is 4.88. The minimum Gasteiger partial charge on any atom is -0.487 e. The lowest BCUT2D eigenvalue weighted by Crippen LogP contribution is -2.38. The van der Waals surface area contributed by atoms with Gasteiger partial charge in [0.05, 0.1) is 17.5 Å². The Hall–Kier alpha value is -2.31. The molecule has 9 heteroatoms. The third kappa shape index (κ3) is 2.92. The van der Waals surface area contributed by atoms with Crippen LogP contribution in [-0.4, -0.2) is 37.8 Å². The maximum Gasteiger partial charge on any atom is 0.352 e. The Bertz CT molecular complexity index is 899. The third-order valence-electron chi connectivity index (χ3n) is 4.41. The molecule has 0 fully saturated rings. The van der Waals surface area contributed by atoms with Gasteiger partial charge < -0.3 is 9.64 Å². The van der Waals surface area contributed by atoms with Gasteiger partial charge in [-0.25, -0.2) is 13.6 Å². The number of halogens is 2. The normalized spacial score (nSPS) is 16.0. The average Bonchev–Trinajstić information content (AvgIpc) is 2.73. The molecule has 1 aliphatic heterocycles. The monoisotopic (exact) mass is 341 g/mol. The fourth-order valence-electron chi connectivity index (χ4n) is 2.79. The molecule has 5 nitrogen and oxygen atoms in total. The first-order valence-corrected chi connectivity index (χ1v) is 7.60. The Balaban J connectivity index is 2.00. The second-order valence-electron chi connectivity index (χ2n) is 6.69. The van der Waals surface area contributed by atoms with E-state index in [9.17, 15) is 13.6 Å². The molecule has 0 saturated carbocycles. The first kappa shape index (κ1) is 17.5. The Kier molecular flexibility index (Phi) is 3.93. The zero-order valence-corrected chi connectivity index (χ0v) is 14.1. The summed E-state index contributed by atoms with van der Waals surface area (Å²) in [5.74, 6) is -1.93. The Labute approximate surface area is 146 Å². The zero-order valence-electron chi connectivity index (χ0n) is 14.1. The van der Waals surface area contributed by atoms with E-state index in [1.807, 2.05) is 25.8 Å². The van der Waals surface area contributed by atoms with Crippen LogP contribution in [0.25, 0.3) is 0 Å². The standard InChI is InChI=1S/C16H15B2F2N3O2/c1-15(2)8-23-12(22(15)3)7-11(21-14(23)24)25-16(17,18)9-5-4-6-10(19)13(9)20/h4-7H,8H2,1-3H3. The number of likely N-dealkylation sites (N-methyl/N-ethyl adjacent to an activating group) is 1. The fraction of sp³-hybridized carbons (Fsp3) is 0.375. The van der Waals surface area contributed by atoms with E-state index >= 15 is 0 Å². The largest absolute Gasteiger partial charge is 0.487 e. The van der Waals surface area contributed by atoms with Gasteiger partial charge in [-0.3, -0.25) is 4.57 Å². The van der Waals surface area contributed by atoms with E-state index in [0.717, 1.165) is 6.07 Å². The van der Waals surface area contributed by atoms with Crippen molar-refractivity contribution in [2.75, 3.05) is 11.9 Å². The highest BCUT2D eigenvalue weighted by molar-refractivity contribution is 6.39. The molecule has 0 amide bonds. The van der Waals surface area contributed by atoms with Gasteiger partial charge in [0.15, 0.2) is 11.6 Å². The van der Waals surface area contributed by atoms with Crippen molar-refractivity contribution in [1.29, 1.82) is 0 Å². The maximum atomic E-state index is 14.0. The molecule has 0 atom stereocenters. The molecule has 1 aromatic carbocycles. The lowest BCUT2D eigenvalue weighted by atomic mass is 9.61. The first-order chi connectivity index (χ1) is 11.5. The molecular formula is C16H15B2F2N3O2. The van der Waals surface area contributed by atoms with Crippen molar-refractivity contribution in [2.24, 2.45) is 0 Å². The molecule has 25 heavy (non-hydrogen) atoms. The molecular weight excluding hydrogens is 326 g/mol. The van der Waals surface area contributed by atoms with Gasteiger partial charge in [-0.05, 0) is 19.9 Å². The quantitative estimate of drug-likeness (QED) is 0.790. The number of hydrogen-bond acceptors (Lipinski definition) is 4. The Morgan fingerprint density at radius 2 is 2.00 bits per heavy atom. The van der Waals surface area contributed by atoms with Crippen molar-refractivity contribution >= 4 is 21.5 Å². The van der Waals surface area contributed by atoms with Gasteiger partial charge in [0, 0.05) is 18.7 Å². The van der Waals surface area contributed by atoms with Crippen molar-refractivity contribution in [1.82, 2.24) is 9.55 Å². The lowest BCUT2D eigenvalue weighted by molar-refractivity contribution is 0.225. The van der Waals surface area contributed by atoms with Crippen molar-refractivity contribution in [3.05, 3.63) is 51.9 Å². The molecule has 1 aliphatic rings. The van der Waals surface area contributed by atoms with E-state index in [1.165, 1.54) is 22.8 Å². The van der Waals surface area contributed by atoms with Crippen LogP contribution in [0.1, 0.15) is 19.4 Å². The molecule has 2 aromatic rings. The van der Waals surface area contributed by atoms with Crippen molar-refractivity contribution in [3.63, 3.8) is 0 Å². The molecule has 3 rings (SSSR count). The average molecular weight is 341 g/mol. The highest BCUT2D eigenvalue weighted by Crippen LogP contribution is 2.33. The summed E-state index contributed by atoms with van der Waals surface area (Å²) in [6.45, 7) is 4.40. The van der Waals surface area contributed by atoms with Gasteiger partial charge in [0.25, 0.3) is 0 Å².